The molecule has 1 fully saturated rings. The van der Waals surface area contributed by atoms with E-state index in [2.05, 4.69) is 0 Å². The van der Waals surface area contributed by atoms with Crippen LogP contribution in [0.5, 0.6) is 5.75 Å². The van der Waals surface area contributed by atoms with Gasteiger partial charge >= 0.3 is 0 Å². The molecule has 2 aromatic rings. The van der Waals surface area contributed by atoms with Crippen molar-refractivity contribution in [2.45, 2.75) is 32.5 Å². The van der Waals surface area contributed by atoms with Crippen LogP contribution in [0, 0.1) is 13.8 Å². The van der Waals surface area contributed by atoms with Crippen LogP contribution in [-0.4, -0.2) is 32.3 Å². The Hall–Kier alpha value is -2.37. The van der Waals surface area contributed by atoms with Crippen molar-refractivity contribution in [2.75, 3.05) is 31.3 Å². The largest absolute Gasteiger partial charge is 0.493 e. The third-order valence-electron chi connectivity index (χ3n) is 5.10. The Morgan fingerprint density at radius 2 is 1.89 bits per heavy atom. The molecule has 2 aliphatic rings. The fraction of sp³-hybridized carbons (Fsp3) is 0.409. The third kappa shape index (κ3) is 3.22. The first-order valence-corrected chi connectivity index (χ1v) is 9.51. The minimum absolute atomic E-state index is 0.126. The third-order valence-corrected chi connectivity index (χ3v) is 5.10. The number of rotatable bonds is 5. The first kappa shape index (κ1) is 18.0. The average molecular weight is 367 g/mol. The van der Waals surface area contributed by atoms with E-state index in [1.807, 2.05) is 56.3 Å². The minimum Gasteiger partial charge on any atom is -0.493 e. The van der Waals surface area contributed by atoms with Crippen molar-refractivity contribution in [3.63, 3.8) is 0 Å². The highest BCUT2D eigenvalue weighted by molar-refractivity contribution is 6.06. The summed E-state index contributed by atoms with van der Waals surface area (Å²) in [5, 5.41) is 0. The number of aryl methyl sites for hydroxylation is 2. The molecular formula is C22H25NO4. The fourth-order valence-electron chi connectivity index (χ4n) is 3.71. The van der Waals surface area contributed by atoms with Crippen molar-refractivity contribution in [2.24, 2.45) is 0 Å². The Bertz CT molecular complexity index is 842. The number of carbonyl (C=O) groups is 1. The fourth-order valence-corrected chi connectivity index (χ4v) is 3.71. The molecule has 0 N–H and O–H groups in total. The summed E-state index contributed by atoms with van der Waals surface area (Å²) in [4.78, 5) is 15.0. The molecule has 0 aromatic heterocycles. The molecule has 1 amide bonds. The molecule has 1 spiro atoms. The molecule has 0 aliphatic carbocycles. The van der Waals surface area contributed by atoms with Crippen LogP contribution in [0.4, 0.5) is 5.69 Å². The van der Waals surface area contributed by atoms with Gasteiger partial charge in [-0.15, -0.1) is 0 Å². The first-order chi connectivity index (χ1) is 13.1. The van der Waals surface area contributed by atoms with Crippen LogP contribution in [0.2, 0.25) is 0 Å². The number of para-hydroxylation sites is 1. The monoisotopic (exact) mass is 367 g/mol. The maximum absolute atomic E-state index is 13.2. The summed E-state index contributed by atoms with van der Waals surface area (Å²) >= 11 is 0. The van der Waals surface area contributed by atoms with Gasteiger partial charge in [-0.25, -0.2) is 0 Å². The second kappa shape index (κ2) is 7.33. The average Bonchev–Trinajstić information content (AvgIpc) is 2.89. The number of nitrogens with zero attached hydrogens (tertiary/aromatic N) is 1. The minimum atomic E-state index is -1.27. The van der Waals surface area contributed by atoms with Crippen molar-refractivity contribution in [1.29, 1.82) is 0 Å². The number of anilines is 1. The van der Waals surface area contributed by atoms with Gasteiger partial charge in [0.2, 0.25) is 0 Å². The number of hydrogen-bond donors (Lipinski definition) is 0. The van der Waals surface area contributed by atoms with E-state index in [1.54, 1.807) is 4.90 Å². The molecule has 0 unspecified atom stereocenters. The standard InChI is InChI=1S/C22H25NO4/c1-16-9-10-19-18(15-16)22(26-13-6-14-27-22)21(24)23(19)11-5-12-25-20-8-4-3-7-17(20)2/h3-4,7-10,15H,5-6,11-14H2,1-2H3. The van der Waals surface area contributed by atoms with Crippen molar-refractivity contribution >= 4 is 11.6 Å². The SMILES string of the molecule is Cc1ccc2c(c1)C1(OCCCO1)C(=O)N2CCCOc1ccccc1C. The van der Waals surface area contributed by atoms with Crippen molar-refractivity contribution in [3.05, 3.63) is 59.2 Å². The van der Waals surface area contributed by atoms with E-state index in [0.29, 0.717) is 26.4 Å². The van der Waals surface area contributed by atoms with Gasteiger partial charge in [-0.05, 0) is 50.5 Å². The zero-order valence-corrected chi connectivity index (χ0v) is 15.9. The lowest BCUT2D eigenvalue weighted by Crippen LogP contribution is -2.47. The Balaban J connectivity index is 1.48. The smallest absolute Gasteiger partial charge is 0.292 e. The first-order valence-electron chi connectivity index (χ1n) is 9.51. The zero-order chi connectivity index (χ0) is 18.9. The second-order valence-electron chi connectivity index (χ2n) is 7.11. The molecule has 4 rings (SSSR count). The van der Waals surface area contributed by atoms with E-state index in [1.165, 1.54) is 0 Å². The number of hydrogen-bond acceptors (Lipinski definition) is 4. The van der Waals surface area contributed by atoms with Gasteiger partial charge in [0, 0.05) is 12.1 Å². The molecule has 0 saturated carbocycles. The van der Waals surface area contributed by atoms with Gasteiger partial charge in [0.15, 0.2) is 0 Å². The van der Waals surface area contributed by atoms with Gasteiger partial charge in [-0.2, -0.15) is 0 Å². The molecule has 142 valence electrons. The van der Waals surface area contributed by atoms with Crippen molar-refractivity contribution in [3.8, 4) is 5.75 Å². The van der Waals surface area contributed by atoms with Crippen molar-refractivity contribution < 1.29 is 19.0 Å². The highest BCUT2D eigenvalue weighted by Gasteiger charge is 2.54. The van der Waals surface area contributed by atoms with E-state index in [-0.39, 0.29) is 5.91 Å². The maximum Gasteiger partial charge on any atom is 0.292 e. The van der Waals surface area contributed by atoms with Crippen LogP contribution >= 0.6 is 0 Å². The number of fused-ring (bicyclic) bond motifs is 2. The number of carbonyl (C=O) groups excluding carboxylic acids is 1. The molecule has 5 heteroatoms. The number of ether oxygens (including phenoxy) is 3. The van der Waals surface area contributed by atoms with Crippen LogP contribution in [0.15, 0.2) is 42.5 Å². The molecule has 2 heterocycles. The predicted molar refractivity (Wildman–Crippen MR) is 103 cm³/mol. The zero-order valence-electron chi connectivity index (χ0n) is 15.9. The summed E-state index contributed by atoms with van der Waals surface area (Å²) in [6.45, 7) is 6.21. The Kier molecular flexibility index (Phi) is 4.89. The Morgan fingerprint density at radius 1 is 1.11 bits per heavy atom. The molecule has 1 saturated heterocycles. The van der Waals surface area contributed by atoms with Crippen LogP contribution in [0.25, 0.3) is 0 Å². The number of benzene rings is 2. The predicted octanol–water partition coefficient (Wildman–Crippen LogP) is 3.71. The maximum atomic E-state index is 13.2. The molecule has 0 atom stereocenters. The quantitative estimate of drug-likeness (QED) is 0.756. The van der Waals surface area contributed by atoms with Crippen LogP contribution < -0.4 is 9.64 Å². The summed E-state index contributed by atoms with van der Waals surface area (Å²) in [5.41, 5.74) is 3.90. The normalized spacial score (nSPS) is 18.0. The Labute approximate surface area is 159 Å². The second-order valence-corrected chi connectivity index (χ2v) is 7.11. The topological polar surface area (TPSA) is 48.0 Å². The molecule has 27 heavy (non-hydrogen) atoms. The van der Waals surface area contributed by atoms with Crippen LogP contribution in [-0.2, 0) is 20.1 Å². The van der Waals surface area contributed by atoms with Crippen LogP contribution in [0.3, 0.4) is 0 Å². The van der Waals surface area contributed by atoms with Gasteiger partial charge < -0.3 is 19.1 Å². The van der Waals surface area contributed by atoms with E-state index in [0.717, 1.165) is 41.0 Å². The summed E-state index contributed by atoms with van der Waals surface area (Å²) in [5.74, 6) is -0.508. The van der Waals surface area contributed by atoms with Crippen LogP contribution in [0.1, 0.15) is 29.5 Å². The summed E-state index contributed by atoms with van der Waals surface area (Å²) < 4.78 is 17.7. The molecule has 5 nitrogen and oxygen atoms in total. The molecular weight excluding hydrogens is 342 g/mol. The summed E-state index contributed by atoms with van der Waals surface area (Å²) in [7, 11) is 0. The van der Waals surface area contributed by atoms with Gasteiger partial charge in [-0.3, -0.25) is 4.79 Å². The molecule has 0 radical (unpaired) electrons. The van der Waals surface area contributed by atoms with E-state index >= 15 is 0 Å². The summed E-state index contributed by atoms with van der Waals surface area (Å²) in [6.07, 6.45) is 1.53. The lowest BCUT2D eigenvalue weighted by molar-refractivity contribution is -0.256. The highest BCUT2D eigenvalue weighted by Crippen LogP contribution is 2.45. The van der Waals surface area contributed by atoms with Gasteiger partial charge in [-0.1, -0.05) is 29.8 Å². The van der Waals surface area contributed by atoms with E-state index in [4.69, 9.17) is 14.2 Å². The number of amides is 1. The van der Waals surface area contributed by atoms with Gasteiger partial charge in [0.05, 0.1) is 25.5 Å². The molecule has 2 aromatic carbocycles. The van der Waals surface area contributed by atoms with E-state index in [9.17, 15) is 4.79 Å². The Morgan fingerprint density at radius 3 is 2.67 bits per heavy atom. The summed E-state index contributed by atoms with van der Waals surface area (Å²) in [6, 6.07) is 14.0. The highest BCUT2D eigenvalue weighted by atomic mass is 16.7. The molecule has 2 aliphatic heterocycles. The van der Waals surface area contributed by atoms with Gasteiger partial charge in [0.25, 0.3) is 11.7 Å². The lowest BCUT2D eigenvalue weighted by atomic mass is 10.0. The van der Waals surface area contributed by atoms with E-state index < -0.39 is 5.79 Å². The van der Waals surface area contributed by atoms with Crippen molar-refractivity contribution in [1.82, 2.24) is 0 Å². The van der Waals surface area contributed by atoms with Gasteiger partial charge in [0.1, 0.15) is 5.75 Å². The molecule has 0 bridgehead atoms. The lowest BCUT2D eigenvalue weighted by Gasteiger charge is -2.32.